The van der Waals surface area contributed by atoms with Gasteiger partial charge in [0, 0.05) is 19.3 Å². The molecule has 2 heterocycles. The van der Waals surface area contributed by atoms with Gasteiger partial charge in [0.2, 0.25) is 5.91 Å². The first-order valence-electron chi connectivity index (χ1n) is 6.69. The summed E-state index contributed by atoms with van der Waals surface area (Å²) in [7, 11) is -4.21. The fourth-order valence-corrected chi connectivity index (χ4v) is 3.41. The highest BCUT2D eigenvalue weighted by Gasteiger charge is 2.27. The first-order chi connectivity index (χ1) is 10.3. The molecule has 0 spiro atoms. The molecule has 22 heavy (non-hydrogen) atoms. The van der Waals surface area contributed by atoms with Crippen molar-refractivity contribution in [3.8, 4) is 0 Å². The normalized spacial score (nSPS) is 16.7. The number of carbonyl (C=O) groups is 2. The molecule has 9 nitrogen and oxygen atoms in total. The van der Waals surface area contributed by atoms with Gasteiger partial charge in [-0.3, -0.25) is 4.79 Å². The predicted octanol–water partition coefficient (Wildman–Crippen LogP) is -2.43. The van der Waals surface area contributed by atoms with Gasteiger partial charge >= 0.3 is 10.2 Å². The largest absolute Gasteiger partial charge is 0.543 e. The first-order valence-corrected chi connectivity index (χ1v) is 8.19. The number of nitrogens with two attached hydrogens (primary N) is 2. The molecule has 1 saturated heterocycles. The Morgan fingerprint density at radius 1 is 1.32 bits per heavy atom. The Kier molecular flexibility index (Phi) is 4.54. The summed E-state index contributed by atoms with van der Waals surface area (Å²) >= 11 is 0. The highest BCUT2D eigenvalue weighted by Crippen LogP contribution is 2.31. The average molecular weight is 329 g/mol. The molecule has 0 aromatic carbocycles. The minimum atomic E-state index is -4.21. The summed E-state index contributed by atoms with van der Waals surface area (Å²) < 4.78 is 23.3. The Hall–Kier alpha value is -1.91. The van der Waals surface area contributed by atoms with Crippen LogP contribution in [0, 0.1) is 0 Å². The number of rotatable bonds is 4. The Morgan fingerprint density at radius 3 is 2.36 bits per heavy atom. The lowest BCUT2D eigenvalue weighted by molar-refractivity contribution is -0.255. The second-order valence-electron chi connectivity index (χ2n) is 5.11. The molecule has 4 N–H and O–H groups in total. The smallest absolute Gasteiger partial charge is 0.302 e. The van der Waals surface area contributed by atoms with Crippen molar-refractivity contribution in [2.75, 3.05) is 19.6 Å². The van der Waals surface area contributed by atoms with E-state index in [0.717, 1.165) is 6.20 Å². The van der Waals surface area contributed by atoms with E-state index in [0.29, 0.717) is 35.5 Å². The van der Waals surface area contributed by atoms with Gasteiger partial charge in [0.15, 0.2) is 0 Å². The molecule has 1 aromatic heterocycles. The molecule has 0 atom stereocenters. The number of aromatic carboxylic acids is 1. The van der Waals surface area contributed by atoms with E-state index in [1.165, 1.54) is 6.07 Å². The van der Waals surface area contributed by atoms with Crippen LogP contribution in [0.2, 0.25) is 0 Å². The van der Waals surface area contributed by atoms with Gasteiger partial charge in [0.25, 0.3) is 0 Å². The Labute approximate surface area is 127 Å². The molecule has 0 unspecified atom stereocenters. The van der Waals surface area contributed by atoms with Crippen molar-refractivity contribution >= 4 is 22.1 Å². The lowest BCUT2D eigenvalue weighted by atomic mass is 9.89. The molecule has 1 aliphatic rings. The lowest BCUT2D eigenvalue weighted by Crippen LogP contribution is -2.41. The quantitative estimate of drug-likeness (QED) is 0.626. The van der Waals surface area contributed by atoms with E-state index in [1.807, 2.05) is 0 Å². The molecule has 0 saturated carbocycles. The fraction of sp³-hybridized carbons (Fsp3) is 0.500. The van der Waals surface area contributed by atoms with Crippen molar-refractivity contribution in [3.63, 3.8) is 0 Å². The maximum Gasteiger partial charge on any atom is 0.302 e. The highest BCUT2D eigenvalue weighted by molar-refractivity contribution is 7.87. The van der Waals surface area contributed by atoms with Gasteiger partial charge in [0.1, 0.15) is 0 Å². The molecule has 2 rings (SSSR count). The topological polar surface area (TPSA) is 152 Å². The average Bonchev–Trinajstić information content (AvgIpc) is 2.91. The monoisotopic (exact) mass is 329 g/mol. The number of aromatic nitrogens is 1. The third-order valence-corrected chi connectivity index (χ3v) is 4.67. The molecule has 10 heteroatoms. The van der Waals surface area contributed by atoms with E-state index >= 15 is 0 Å². The second-order valence-corrected chi connectivity index (χ2v) is 6.53. The summed E-state index contributed by atoms with van der Waals surface area (Å²) in [5, 5.41) is 16.3. The van der Waals surface area contributed by atoms with Crippen LogP contribution in [0.5, 0.6) is 0 Å². The van der Waals surface area contributed by atoms with Crippen LogP contribution in [0.15, 0.2) is 12.3 Å². The van der Waals surface area contributed by atoms with Crippen LogP contribution in [0.1, 0.15) is 34.8 Å². The van der Waals surface area contributed by atoms with Crippen molar-refractivity contribution in [1.29, 1.82) is 0 Å². The molecule has 1 aromatic rings. The zero-order chi connectivity index (χ0) is 16.5. The van der Waals surface area contributed by atoms with Gasteiger partial charge in [-0.05, 0) is 30.4 Å². The third kappa shape index (κ3) is 3.13. The zero-order valence-electron chi connectivity index (χ0n) is 11.8. The minimum Gasteiger partial charge on any atom is -0.543 e. The van der Waals surface area contributed by atoms with Crippen LogP contribution in [0.3, 0.4) is 0 Å². The maximum absolute atomic E-state index is 11.5. The molecule has 1 aliphatic heterocycles. The summed E-state index contributed by atoms with van der Waals surface area (Å²) in [4.78, 5) is 24.4. The third-order valence-electron chi connectivity index (χ3n) is 3.81. The van der Waals surface area contributed by atoms with Gasteiger partial charge in [-0.25, -0.2) is 9.11 Å². The Balaban J connectivity index is 2.26. The van der Waals surface area contributed by atoms with E-state index in [1.54, 1.807) is 4.90 Å². The van der Waals surface area contributed by atoms with Gasteiger partial charge < -0.3 is 20.5 Å². The molecular formula is C12H17N4O5S-. The number of amides is 1. The summed E-state index contributed by atoms with van der Waals surface area (Å²) in [6.45, 7) is 0.804. The molecular weight excluding hydrogens is 312 g/mol. The molecule has 0 radical (unpaired) electrons. The van der Waals surface area contributed by atoms with E-state index < -0.39 is 21.9 Å². The summed E-state index contributed by atoms with van der Waals surface area (Å²) in [5.41, 5.74) is 5.21. The summed E-state index contributed by atoms with van der Waals surface area (Å²) in [5.74, 6) is -1.95. The Morgan fingerprint density at radius 2 is 1.91 bits per heavy atom. The second kappa shape index (κ2) is 6.07. The zero-order valence-corrected chi connectivity index (χ0v) is 12.6. The van der Waals surface area contributed by atoms with Gasteiger partial charge in [-0.1, -0.05) is 0 Å². The number of carbonyl (C=O) groups excluding carboxylic acids is 2. The number of piperidine rings is 1. The fourth-order valence-electron chi connectivity index (χ4n) is 2.75. The number of likely N-dealkylation sites (tertiary alicyclic amines) is 1. The van der Waals surface area contributed by atoms with Crippen LogP contribution in [0.25, 0.3) is 0 Å². The molecule has 122 valence electrons. The number of carboxylic acid groups (broad SMARTS) is 1. The van der Waals surface area contributed by atoms with Gasteiger partial charge in [0.05, 0.1) is 18.2 Å². The van der Waals surface area contributed by atoms with Crippen molar-refractivity contribution in [2.24, 2.45) is 10.9 Å². The molecule has 0 aliphatic carbocycles. The van der Waals surface area contributed by atoms with Crippen LogP contribution in [-0.2, 0) is 15.0 Å². The molecule has 0 bridgehead atoms. The van der Waals surface area contributed by atoms with Crippen molar-refractivity contribution in [2.45, 2.75) is 18.8 Å². The SMILES string of the molecule is NCC(=O)N1CCC(c2ccn(S(N)(=O)=O)c2C(=O)[O-])CC1. The Bertz CT molecular complexity index is 688. The van der Waals surface area contributed by atoms with Gasteiger partial charge in [-0.15, -0.1) is 0 Å². The van der Waals surface area contributed by atoms with E-state index in [2.05, 4.69) is 0 Å². The first kappa shape index (κ1) is 16.5. The van der Waals surface area contributed by atoms with E-state index in [9.17, 15) is 23.1 Å². The number of nitrogens with zero attached hydrogens (tertiary/aromatic N) is 2. The lowest BCUT2D eigenvalue weighted by Gasteiger charge is -2.32. The van der Waals surface area contributed by atoms with E-state index in [-0.39, 0.29) is 18.4 Å². The van der Waals surface area contributed by atoms with Crippen LogP contribution in [0.4, 0.5) is 0 Å². The molecule has 1 fully saturated rings. The van der Waals surface area contributed by atoms with E-state index in [4.69, 9.17) is 10.9 Å². The van der Waals surface area contributed by atoms with Crippen LogP contribution < -0.4 is 16.0 Å². The standard InChI is InChI=1S/C12H18N4O5S/c13-7-10(17)15-4-1-8(2-5-15)9-3-6-16(22(14,20)21)11(9)12(18)19/h3,6,8H,1-2,4-5,7,13H2,(H,18,19)(H2,14,20,21)/p-1. The predicted molar refractivity (Wildman–Crippen MR) is 74.9 cm³/mol. The number of carboxylic acids is 1. The van der Waals surface area contributed by atoms with Crippen molar-refractivity contribution < 1.29 is 23.1 Å². The summed E-state index contributed by atoms with van der Waals surface area (Å²) in [6, 6.07) is 1.42. The number of hydrogen-bond acceptors (Lipinski definition) is 6. The number of hydrogen-bond donors (Lipinski definition) is 2. The van der Waals surface area contributed by atoms with Gasteiger partial charge in [-0.2, -0.15) is 8.42 Å². The molecule has 1 amide bonds. The van der Waals surface area contributed by atoms with Crippen LogP contribution >= 0.6 is 0 Å². The highest BCUT2D eigenvalue weighted by atomic mass is 32.2. The van der Waals surface area contributed by atoms with Crippen molar-refractivity contribution in [3.05, 3.63) is 23.5 Å². The maximum atomic E-state index is 11.5. The van der Waals surface area contributed by atoms with Crippen LogP contribution in [-0.4, -0.2) is 48.8 Å². The van der Waals surface area contributed by atoms with Crippen molar-refractivity contribution in [1.82, 2.24) is 8.87 Å². The summed E-state index contributed by atoms with van der Waals surface area (Å²) in [6.07, 6.45) is 2.13. The minimum absolute atomic E-state index is 0.0727.